The standard InChI is InChI=1S/C20H24BrFN4O/c1-5-15(21)10-16-13(3)18(20-23-14(4)25-27-20)19(24-17(16)11-22)26-9-7-6-8-12(26)2/h5,10-12H,6-9H2,1-4H3/b15-5+,16-10-,17-11-/t12-/m0/s1. The van der Waals surface area contributed by atoms with Crippen LogP contribution in [-0.2, 0) is 0 Å². The minimum atomic E-state index is 0.305. The summed E-state index contributed by atoms with van der Waals surface area (Å²) in [6, 6.07) is 0.318. The van der Waals surface area contributed by atoms with Crippen molar-refractivity contribution in [2.45, 2.75) is 53.0 Å². The van der Waals surface area contributed by atoms with E-state index >= 15 is 0 Å². The van der Waals surface area contributed by atoms with Crippen molar-refractivity contribution in [1.82, 2.24) is 15.1 Å². The highest BCUT2D eigenvalue weighted by Gasteiger charge is 2.27. The van der Waals surface area contributed by atoms with Gasteiger partial charge in [0.1, 0.15) is 17.5 Å². The third kappa shape index (κ3) is 3.98. The first kappa shape index (κ1) is 19.7. The van der Waals surface area contributed by atoms with E-state index in [1.807, 2.05) is 26.0 Å². The number of aromatic nitrogens is 3. The van der Waals surface area contributed by atoms with Crippen LogP contribution in [0, 0.1) is 13.8 Å². The lowest BCUT2D eigenvalue weighted by molar-refractivity contribution is 0.424. The summed E-state index contributed by atoms with van der Waals surface area (Å²) >= 11 is 3.48. The van der Waals surface area contributed by atoms with E-state index in [1.165, 1.54) is 6.42 Å². The highest BCUT2D eigenvalue weighted by Crippen LogP contribution is 2.32. The van der Waals surface area contributed by atoms with E-state index in [0.717, 1.165) is 35.0 Å². The molecular formula is C20H24BrFN4O. The minimum Gasteiger partial charge on any atom is -0.353 e. The van der Waals surface area contributed by atoms with E-state index in [9.17, 15) is 4.39 Å². The van der Waals surface area contributed by atoms with E-state index < -0.39 is 0 Å². The van der Waals surface area contributed by atoms with Crippen molar-refractivity contribution in [2.75, 3.05) is 11.4 Å². The van der Waals surface area contributed by atoms with Crippen molar-refractivity contribution in [3.63, 3.8) is 0 Å². The van der Waals surface area contributed by atoms with Crippen LogP contribution < -0.4 is 15.5 Å². The van der Waals surface area contributed by atoms with Gasteiger partial charge in [-0.05, 0) is 58.6 Å². The first-order valence-corrected chi connectivity index (χ1v) is 9.97. The van der Waals surface area contributed by atoms with Gasteiger partial charge in [0.05, 0.1) is 5.56 Å². The SMILES string of the molecule is C\C=C(Br)/C=c1/c(C)c(-c2nc(C)no2)c(N2CCCC[C@@H]2C)n/c1=C\F. The first-order valence-electron chi connectivity index (χ1n) is 9.18. The molecule has 7 heteroatoms. The Morgan fingerprint density at radius 1 is 1.30 bits per heavy atom. The van der Waals surface area contributed by atoms with Crippen molar-refractivity contribution in [2.24, 2.45) is 0 Å². The number of halogens is 2. The van der Waals surface area contributed by atoms with Gasteiger partial charge < -0.3 is 9.42 Å². The van der Waals surface area contributed by atoms with Crippen molar-refractivity contribution in [1.29, 1.82) is 0 Å². The average molecular weight is 435 g/mol. The molecule has 27 heavy (non-hydrogen) atoms. The summed E-state index contributed by atoms with van der Waals surface area (Å²) in [4.78, 5) is 11.3. The van der Waals surface area contributed by atoms with Crippen LogP contribution in [0.25, 0.3) is 23.9 Å². The number of hydrogen-bond donors (Lipinski definition) is 0. The number of piperidine rings is 1. The molecule has 3 rings (SSSR count). The van der Waals surface area contributed by atoms with E-state index in [1.54, 1.807) is 6.92 Å². The predicted octanol–water partition coefficient (Wildman–Crippen LogP) is 3.91. The lowest BCUT2D eigenvalue weighted by atomic mass is 10.0. The lowest BCUT2D eigenvalue weighted by Gasteiger charge is -2.35. The summed E-state index contributed by atoms with van der Waals surface area (Å²) in [5.41, 5.74) is 1.64. The molecule has 2 aromatic heterocycles. The number of pyridine rings is 1. The summed E-state index contributed by atoms with van der Waals surface area (Å²) < 4.78 is 20.1. The van der Waals surface area contributed by atoms with Crippen molar-refractivity contribution in [3.8, 4) is 11.5 Å². The van der Waals surface area contributed by atoms with Gasteiger partial charge in [0.15, 0.2) is 5.82 Å². The Kier molecular flexibility index (Phi) is 6.09. The zero-order valence-corrected chi connectivity index (χ0v) is 17.7. The van der Waals surface area contributed by atoms with Crippen LogP contribution in [-0.4, -0.2) is 27.7 Å². The van der Waals surface area contributed by atoms with Crippen molar-refractivity contribution < 1.29 is 8.91 Å². The molecule has 0 aromatic carbocycles. The van der Waals surface area contributed by atoms with Gasteiger partial charge in [0, 0.05) is 22.3 Å². The molecule has 1 aliphatic rings. The number of aryl methyl sites for hydroxylation is 1. The average Bonchev–Trinajstić information content (AvgIpc) is 3.09. The normalized spacial score (nSPS) is 19.9. The van der Waals surface area contributed by atoms with E-state index in [2.05, 4.69) is 42.9 Å². The van der Waals surface area contributed by atoms with Crippen LogP contribution in [0.15, 0.2) is 15.1 Å². The molecule has 0 bridgehead atoms. The molecule has 5 nitrogen and oxygen atoms in total. The van der Waals surface area contributed by atoms with Gasteiger partial charge in [-0.1, -0.05) is 27.2 Å². The molecule has 144 valence electrons. The molecule has 1 saturated heterocycles. The van der Waals surface area contributed by atoms with Gasteiger partial charge >= 0.3 is 0 Å². The van der Waals surface area contributed by atoms with Crippen LogP contribution >= 0.6 is 15.9 Å². The molecule has 0 N–H and O–H groups in total. The van der Waals surface area contributed by atoms with Crippen LogP contribution in [0.4, 0.5) is 10.2 Å². The Morgan fingerprint density at radius 2 is 2.07 bits per heavy atom. The maximum absolute atomic E-state index is 13.8. The summed E-state index contributed by atoms with van der Waals surface area (Å²) in [6.45, 7) is 8.69. The summed E-state index contributed by atoms with van der Waals surface area (Å²) in [5.74, 6) is 1.69. The molecule has 2 aromatic rings. The first-order chi connectivity index (χ1) is 13.0. The van der Waals surface area contributed by atoms with Crippen LogP contribution in [0.3, 0.4) is 0 Å². The van der Waals surface area contributed by atoms with Crippen LogP contribution in [0.1, 0.15) is 44.5 Å². The minimum absolute atomic E-state index is 0.305. The van der Waals surface area contributed by atoms with Crippen molar-refractivity contribution >= 4 is 34.2 Å². The third-order valence-electron chi connectivity index (χ3n) is 4.98. The van der Waals surface area contributed by atoms with Gasteiger partial charge in [-0.15, -0.1) is 0 Å². The summed E-state index contributed by atoms with van der Waals surface area (Å²) in [7, 11) is 0. The quantitative estimate of drug-likeness (QED) is 0.732. The number of anilines is 1. The van der Waals surface area contributed by atoms with Crippen LogP contribution in [0.2, 0.25) is 0 Å². The van der Waals surface area contributed by atoms with Crippen LogP contribution in [0.5, 0.6) is 0 Å². The predicted molar refractivity (Wildman–Crippen MR) is 110 cm³/mol. The highest BCUT2D eigenvalue weighted by molar-refractivity contribution is 9.12. The second kappa shape index (κ2) is 8.33. The zero-order valence-electron chi connectivity index (χ0n) is 16.1. The van der Waals surface area contributed by atoms with Gasteiger partial charge in [-0.3, -0.25) is 0 Å². The second-order valence-corrected chi connectivity index (χ2v) is 7.76. The maximum atomic E-state index is 13.8. The Balaban J connectivity index is 2.36. The van der Waals surface area contributed by atoms with E-state index in [4.69, 9.17) is 4.52 Å². The summed E-state index contributed by atoms with van der Waals surface area (Å²) in [6.07, 6.45) is 7.68. The summed E-state index contributed by atoms with van der Waals surface area (Å²) in [5, 5.41) is 4.94. The molecule has 0 saturated carbocycles. The Bertz CT molecular complexity index is 983. The second-order valence-electron chi connectivity index (χ2n) is 6.85. The fraction of sp³-hybridized carbons (Fsp3) is 0.450. The van der Waals surface area contributed by atoms with E-state index in [0.29, 0.717) is 40.5 Å². The maximum Gasteiger partial charge on any atom is 0.261 e. The van der Waals surface area contributed by atoms with Gasteiger partial charge in [0.2, 0.25) is 0 Å². The zero-order chi connectivity index (χ0) is 19.6. The Morgan fingerprint density at radius 3 is 2.67 bits per heavy atom. The fourth-order valence-corrected chi connectivity index (χ4v) is 3.72. The monoisotopic (exact) mass is 434 g/mol. The molecular weight excluding hydrogens is 411 g/mol. The molecule has 1 aliphatic heterocycles. The molecule has 0 radical (unpaired) electrons. The molecule has 0 unspecified atom stereocenters. The fourth-order valence-electron chi connectivity index (χ4n) is 3.49. The largest absolute Gasteiger partial charge is 0.353 e. The third-order valence-corrected chi connectivity index (χ3v) is 5.67. The molecule has 1 atom stereocenters. The molecule has 3 heterocycles. The van der Waals surface area contributed by atoms with E-state index in [-0.39, 0.29) is 0 Å². The number of allylic oxidation sites excluding steroid dienone is 2. The number of nitrogens with zero attached hydrogens (tertiary/aromatic N) is 4. The topological polar surface area (TPSA) is 55.1 Å². The lowest BCUT2D eigenvalue weighted by Crippen LogP contribution is -2.42. The van der Waals surface area contributed by atoms with Gasteiger partial charge in [0.25, 0.3) is 5.89 Å². The van der Waals surface area contributed by atoms with Gasteiger partial charge in [-0.25, -0.2) is 9.37 Å². The molecule has 0 aliphatic carbocycles. The van der Waals surface area contributed by atoms with Crippen molar-refractivity contribution in [3.05, 3.63) is 32.5 Å². The number of rotatable bonds is 3. The highest BCUT2D eigenvalue weighted by atomic mass is 79.9. The Labute approximate surface area is 166 Å². The molecule has 0 amide bonds. The molecule has 1 fully saturated rings. The smallest absolute Gasteiger partial charge is 0.261 e. The van der Waals surface area contributed by atoms with Gasteiger partial charge in [-0.2, -0.15) is 4.98 Å². The molecule has 0 spiro atoms. The Hall–Kier alpha value is -2.02. The number of hydrogen-bond acceptors (Lipinski definition) is 5.